The molecule has 1 atom stereocenters. The summed E-state index contributed by atoms with van der Waals surface area (Å²) in [6, 6.07) is 10.3. The summed E-state index contributed by atoms with van der Waals surface area (Å²) in [6.07, 6.45) is 0.555. The Kier molecular flexibility index (Phi) is 3.17. The maximum absolute atomic E-state index is 13.7. The first-order chi connectivity index (χ1) is 9.19. The second-order valence-corrected chi connectivity index (χ2v) is 5.01. The summed E-state index contributed by atoms with van der Waals surface area (Å²) in [5.41, 5.74) is 7.94. The molecule has 1 aliphatic rings. The van der Waals surface area contributed by atoms with Crippen molar-refractivity contribution in [3.05, 3.63) is 52.8 Å². The first-order valence-corrected chi connectivity index (χ1v) is 6.51. The van der Waals surface area contributed by atoms with Crippen LogP contribution in [0, 0.1) is 5.82 Å². The van der Waals surface area contributed by atoms with Gasteiger partial charge >= 0.3 is 0 Å². The Morgan fingerprint density at radius 2 is 2.05 bits per heavy atom. The van der Waals surface area contributed by atoms with Gasteiger partial charge in [0.15, 0.2) is 0 Å². The van der Waals surface area contributed by atoms with Crippen molar-refractivity contribution in [2.24, 2.45) is 5.73 Å². The number of hydrogen-bond acceptors (Lipinski definition) is 2. The van der Waals surface area contributed by atoms with E-state index in [2.05, 4.69) is 0 Å². The van der Waals surface area contributed by atoms with Crippen molar-refractivity contribution in [3.63, 3.8) is 0 Å². The minimum atomic E-state index is -0.282. The van der Waals surface area contributed by atoms with E-state index < -0.39 is 0 Å². The second-order valence-electron chi connectivity index (χ2n) is 4.60. The molecule has 19 heavy (non-hydrogen) atoms. The summed E-state index contributed by atoms with van der Waals surface area (Å²) < 4.78 is 19.5. The van der Waals surface area contributed by atoms with Gasteiger partial charge in [0.2, 0.25) is 0 Å². The predicted molar refractivity (Wildman–Crippen MR) is 74.0 cm³/mol. The topological polar surface area (TPSA) is 35.2 Å². The molecule has 2 N–H and O–H groups in total. The SMILES string of the molecule is NC[C@@H]1Cc2cc(F)cc(-c3ccccc3Cl)c2O1. The van der Waals surface area contributed by atoms with Crippen molar-refractivity contribution in [2.75, 3.05) is 6.54 Å². The average Bonchev–Trinajstić information content (AvgIpc) is 2.81. The molecule has 0 aliphatic carbocycles. The van der Waals surface area contributed by atoms with Crippen LogP contribution in [0.1, 0.15) is 5.56 Å². The van der Waals surface area contributed by atoms with Crippen molar-refractivity contribution >= 4 is 11.6 Å². The Morgan fingerprint density at radius 3 is 2.79 bits per heavy atom. The minimum Gasteiger partial charge on any atom is -0.488 e. The van der Waals surface area contributed by atoms with Crippen LogP contribution in [0.4, 0.5) is 4.39 Å². The molecule has 98 valence electrons. The zero-order chi connectivity index (χ0) is 13.4. The number of fused-ring (bicyclic) bond motifs is 1. The van der Waals surface area contributed by atoms with E-state index >= 15 is 0 Å². The molecule has 0 amide bonds. The Morgan fingerprint density at radius 1 is 1.26 bits per heavy atom. The molecule has 2 aromatic rings. The van der Waals surface area contributed by atoms with Gasteiger partial charge in [0.25, 0.3) is 0 Å². The molecule has 0 fully saturated rings. The molecule has 0 saturated heterocycles. The van der Waals surface area contributed by atoms with E-state index in [9.17, 15) is 4.39 Å². The first-order valence-electron chi connectivity index (χ1n) is 6.13. The molecule has 2 nitrogen and oxygen atoms in total. The summed E-state index contributed by atoms with van der Waals surface area (Å²) in [5, 5.41) is 0.579. The first kappa shape index (κ1) is 12.5. The third kappa shape index (κ3) is 2.20. The quantitative estimate of drug-likeness (QED) is 0.913. The second kappa shape index (κ2) is 4.83. The molecule has 3 rings (SSSR count). The summed E-state index contributed by atoms with van der Waals surface area (Å²) in [6.45, 7) is 0.415. The van der Waals surface area contributed by atoms with Crippen LogP contribution in [-0.2, 0) is 6.42 Å². The summed E-state index contributed by atoms with van der Waals surface area (Å²) in [5.74, 6) is 0.417. The highest BCUT2D eigenvalue weighted by atomic mass is 35.5. The van der Waals surface area contributed by atoms with Gasteiger partial charge in [0.1, 0.15) is 17.7 Å². The van der Waals surface area contributed by atoms with Crippen LogP contribution in [0.5, 0.6) is 5.75 Å². The fourth-order valence-corrected chi connectivity index (χ4v) is 2.64. The number of hydrogen-bond donors (Lipinski definition) is 1. The monoisotopic (exact) mass is 277 g/mol. The van der Waals surface area contributed by atoms with Crippen molar-refractivity contribution in [1.82, 2.24) is 0 Å². The lowest BCUT2D eigenvalue weighted by molar-refractivity contribution is 0.242. The van der Waals surface area contributed by atoms with Gasteiger partial charge in [-0.25, -0.2) is 4.39 Å². The molecular formula is C15H13ClFNO. The van der Waals surface area contributed by atoms with Crippen LogP contribution >= 0.6 is 11.6 Å². The van der Waals surface area contributed by atoms with Gasteiger partial charge < -0.3 is 10.5 Å². The lowest BCUT2D eigenvalue weighted by Gasteiger charge is -2.12. The summed E-state index contributed by atoms with van der Waals surface area (Å²) >= 11 is 6.18. The molecule has 1 heterocycles. The molecule has 0 bridgehead atoms. The Balaban J connectivity index is 2.16. The van der Waals surface area contributed by atoms with Crippen LogP contribution in [0.2, 0.25) is 5.02 Å². The van der Waals surface area contributed by atoms with Crippen molar-refractivity contribution < 1.29 is 9.13 Å². The van der Waals surface area contributed by atoms with Gasteiger partial charge in [-0.05, 0) is 18.2 Å². The highest BCUT2D eigenvalue weighted by Gasteiger charge is 2.26. The molecule has 0 radical (unpaired) electrons. The van der Waals surface area contributed by atoms with Gasteiger partial charge in [0.05, 0.1) is 0 Å². The molecule has 0 saturated carbocycles. The number of nitrogens with two attached hydrogens (primary N) is 1. The molecule has 0 spiro atoms. The summed E-state index contributed by atoms with van der Waals surface area (Å²) in [4.78, 5) is 0. The Labute approximate surface area is 115 Å². The highest BCUT2D eigenvalue weighted by Crippen LogP contribution is 2.41. The van der Waals surface area contributed by atoms with Crippen molar-refractivity contribution in [1.29, 1.82) is 0 Å². The van der Waals surface area contributed by atoms with Crippen molar-refractivity contribution in [2.45, 2.75) is 12.5 Å². The van der Waals surface area contributed by atoms with E-state index in [1.54, 1.807) is 6.07 Å². The lowest BCUT2D eigenvalue weighted by atomic mass is 10.00. The van der Waals surface area contributed by atoms with Crippen LogP contribution in [0.15, 0.2) is 36.4 Å². The van der Waals surface area contributed by atoms with E-state index in [-0.39, 0.29) is 11.9 Å². The maximum Gasteiger partial charge on any atom is 0.131 e. The normalized spacial score (nSPS) is 17.1. The molecule has 0 aromatic heterocycles. The third-order valence-electron chi connectivity index (χ3n) is 3.29. The zero-order valence-corrected chi connectivity index (χ0v) is 11.0. The highest BCUT2D eigenvalue weighted by molar-refractivity contribution is 6.33. The number of ether oxygens (including phenoxy) is 1. The fourth-order valence-electron chi connectivity index (χ4n) is 2.41. The number of benzene rings is 2. The smallest absolute Gasteiger partial charge is 0.131 e. The Bertz CT molecular complexity index is 630. The van der Waals surface area contributed by atoms with Gasteiger partial charge in [-0.3, -0.25) is 0 Å². The largest absolute Gasteiger partial charge is 0.488 e. The van der Waals surface area contributed by atoms with E-state index in [4.69, 9.17) is 22.1 Å². The molecule has 1 aliphatic heterocycles. The Hall–Kier alpha value is -1.58. The van der Waals surface area contributed by atoms with Gasteiger partial charge in [0, 0.05) is 34.7 Å². The third-order valence-corrected chi connectivity index (χ3v) is 3.62. The van der Waals surface area contributed by atoms with E-state index in [0.717, 1.165) is 11.1 Å². The standard InChI is InChI=1S/C15H13ClFNO/c16-14-4-2-1-3-12(14)13-7-10(17)5-9-6-11(8-18)19-15(9)13/h1-5,7,11H,6,8,18H2/t11-/m0/s1. The molecule has 0 unspecified atom stereocenters. The number of halogens is 2. The van der Waals surface area contributed by atoms with Crippen LogP contribution < -0.4 is 10.5 Å². The van der Waals surface area contributed by atoms with Crippen LogP contribution in [0.25, 0.3) is 11.1 Å². The molecule has 4 heteroatoms. The molecular weight excluding hydrogens is 265 g/mol. The fraction of sp³-hybridized carbons (Fsp3) is 0.200. The molecule has 2 aromatic carbocycles. The van der Waals surface area contributed by atoms with Gasteiger partial charge in [-0.2, -0.15) is 0 Å². The summed E-state index contributed by atoms with van der Waals surface area (Å²) in [7, 11) is 0. The maximum atomic E-state index is 13.7. The van der Waals surface area contributed by atoms with E-state index in [1.165, 1.54) is 12.1 Å². The van der Waals surface area contributed by atoms with E-state index in [0.29, 0.717) is 29.3 Å². The minimum absolute atomic E-state index is 0.0852. The zero-order valence-electron chi connectivity index (χ0n) is 10.2. The van der Waals surface area contributed by atoms with Crippen LogP contribution in [0.3, 0.4) is 0 Å². The lowest BCUT2D eigenvalue weighted by Crippen LogP contribution is -2.24. The van der Waals surface area contributed by atoms with Gasteiger partial charge in [-0.15, -0.1) is 0 Å². The average molecular weight is 278 g/mol. The number of rotatable bonds is 2. The predicted octanol–water partition coefficient (Wildman–Crippen LogP) is 3.41. The van der Waals surface area contributed by atoms with Gasteiger partial charge in [-0.1, -0.05) is 29.8 Å². The van der Waals surface area contributed by atoms with Crippen LogP contribution in [-0.4, -0.2) is 12.6 Å². The van der Waals surface area contributed by atoms with Crippen molar-refractivity contribution in [3.8, 4) is 16.9 Å². The van der Waals surface area contributed by atoms with E-state index in [1.807, 2.05) is 18.2 Å².